The van der Waals surface area contributed by atoms with E-state index in [2.05, 4.69) is 17.9 Å². The van der Waals surface area contributed by atoms with Gasteiger partial charge in [0.05, 0.1) is 5.02 Å². The van der Waals surface area contributed by atoms with Crippen molar-refractivity contribution < 1.29 is 14.3 Å². The lowest BCUT2D eigenvalue weighted by molar-refractivity contribution is -0.134. The fourth-order valence-electron chi connectivity index (χ4n) is 2.64. The predicted octanol–water partition coefficient (Wildman–Crippen LogP) is 3.19. The van der Waals surface area contributed by atoms with Gasteiger partial charge in [-0.05, 0) is 43.2 Å². The van der Waals surface area contributed by atoms with Crippen LogP contribution in [-0.2, 0) is 9.59 Å². The van der Waals surface area contributed by atoms with Crippen LogP contribution in [0.2, 0.25) is 10.0 Å². The Labute approximate surface area is 163 Å². The molecule has 1 fully saturated rings. The van der Waals surface area contributed by atoms with Crippen LogP contribution in [0.1, 0.15) is 25.7 Å². The number of halogens is 2. The Morgan fingerprint density at radius 3 is 2.64 bits per heavy atom. The van der Waals surface area contributed by atoms with E-state index in [9.17, 15) is 9.59 Å². The maximum absolute atomic E-state index is 12.3. The van der Waals surface area contributed by atoms with E-state index in [4.69, 9.17) is 27.9 Å². The van der Waals surface area contributed by atoms with Crippen LogP contribution in [0.4, 0.5) is 0 Å². The van der Waals surface area contributed by atoms with E-state index in [1.807, 2.05) is 0 Å². The zero-order valence-corrected chi connectivity index (χ0v) is 16.2. The molecular formula is C17H22Cl2N2O3S. The van der Waals surface area contributed by atoms with E-state index in [1.54, 1.807) is 23.1 Å². The van der Waals surface area contributed by atoms with Crippen LogP contribution >= 0.6 is 35.8 Å². The van der Waals surface area contributed by atoms with Crippen LogP contribution in [-0.4, -0.2) is 48.2 Å². The van der Waals surface area contributed by atoms with Crippen LogP contribution in [0.5, 0.6) is 5.75 Å². The maximum Gasteiger partial charge on any atom is 0.260 e. The van der Waals surface area contributed by atoms with Gasteiger partial charge in [-0.25, -0.2) is 0 Å². The number of likely N-dealkylation sites (tertiary alicyclic amines) is 1. The quantitative estimate of drug-likeness (QED) is 0.685. The highest BCUT2D eigenvalue weighted by Crippen LogP contribution is 2.27. The summed E-state index contributed by atoms with van der Waals surface area (Å²) in [6, 6.07) is 5.01. The number of hydrogen-bond donors (Lipinski definition) is 2. The van der Waals surface area contributed by atoms with Gasteiger partial charge in [-0.3, -0.25) is 9.59 Å². The molecule has 1 aromatic rings. The minimum Gasteiger partial charge on any atom is -0.482 e. The van der Waals surface area contributed by atoms with E-state index >= 15 is 0 Å². The Morgan fingerprint density at radius 2 is 2.00 bits per heavy atom. The molecule has 0 atom stereocenters. The van der Waals surface area contributed by atoms with Crippen molar-refractivity contribution in [3.8, 4) is 5.75 Å². The Morgan fingerprint density at radius 1 is 1.28 bits per heavy atom. The third-order valence-electron chi connectivity index (χ3n) is 4.02. The lowest BCUT2D eigenvalue weighted by Gasteiger charge is -2.32. The molecule has 25 heavy (non-hydrogen) atoms. The summed E-state index contributed by atoms with van der Waals surface area (Å²) in [6.45, 7) is 1.14. The van der Waals surface area contributed by atoms with Gasteiger partial charge in [0, 0.05) is 30.6 Å². The minimum atomic E-state index is -0.0918. The van der Waals surface area contributed by atoms with Crippen LogP contribution in [0.3, 0.4) is 0 Å². The Hall–Kier alpha value is -1.11. The first-order valence-corrected chi connectivity index (χ1v) is 9.64. The third-order valence-corrected chi connectivity index (χ3v) is 4.87. The van der Waals surface area contributed by atoms with E-state index in [-0.39, 0.29) is 24.5 Å². The third kappa shape index (κ3) is 6.60. The molecule has 1 saturated heterocycles. The van der Waals surface area contributed by atoms with Gasteiger partial charge in [-0.15, -0.1) is 0 Å². The number of ether oxygens (including phenoxy) is 1. The molecule has 0 aliphatic carbocycles. The second-order valence-corrected chi connectivity index (χ2v) is 7.20. The van der Waals surface area contributed by atoms with Crippen LogP contribution < -0.4 is 10.1 Å². The fraction of sp³-hybridized carbons (Fsp3) is 0.529. The van der Waals surface area contributed by atoms with Crippen molar-refractivity contribution in [3.63, 3.8) is 0 Å². The summed E-state index contributed by atoms with van der Waals surface area (Å²) in [6.07, 6.45) is 2.77. The van der Waals surface area contributed by atoms with E-state index < -0.39 is 0 Å². The topological polar surface area (TPSA) is 58.6 Å². The lowest BCUT2D eigenvalue weighted by Crippen LogP contribution is -2.47. The normalized spacial score (nSPS) is 15.1. The molecule has 0 bridgehead atoms. The van der Waals surface area contributed by atoms with Crippen molar-refractivity contribution in [1.82, 2.24) is 10.2 Å². The number of carbonyl (C=O) groups is 2. The number of amides is 2. The van der Waals surface area contributed by atoms with Gasteiger partial charge in [0.2, 0.25) is 5.91 Å². The van der Waals surface area contributed by atoms with Gasteiger partial charge in [-0.1, -0.05) is 23.2 Å². The second kappa shape index (κ2) is 10.1. The van der Waals surface area contributed by atoms with Crippen molar-refractivity contribution in [2.45, 2.75) is 31.7 Å². The molecule has 2 amide bonds. The highest BCUT2D eigenvalue weighted by Gasteiger charge is 2.24. The summed E-state index contributed by atoms with van der Waals surface area (Å²) in [5.74, 6) is 1.11. The van der Waals surface area contributed by atoms with Gasteiger partial charge in [-0.2, -0.15) is 12.6 Å². The average molecular weight is 405 g/mol. The number of hydrogen-bond acceptors (Lipinski definition) is 4. The summed E-state index contributed by atoms with van der Waals surface area (Å²) in [7, 11) is 0. The van der Waals surface area contributed by atoms with E-state index in [0.717, 1.165) is 19.3 Å². The smallest absolute Gasteiger partial charge is 0.260 e. The molecule has 1 heterocycles. The molecule has 0 saturated carbocycles. The number of piperidine rings is 1. The monoisotopic (exact) mass is 404 g/mol. The molecule has 0 unspecified atom stereocenters. The van der Waals surface area contributed by atoms with Crippen LogP contribution in [0.25, 0.3) is 0 Å². The largest absolute Gasteiger partial charge is 0.482 e. The molecule has 5 nitrogen and oxygen atoms in total. The van der Waals surface area contributed by atoms with Gasteiger partial charge in [0.25, 0.3) is 5.91 Å². The first-order valence-electron chi connectivity index (χ1n) is 8.25. The first-order chi connectivity index (χ1) is 12.0. The molecule has 1 N–H and O–H groups in total. The molecule has 8 heteroatoms. The van der Waals surface area contributed by atoms with Gasteiger partial charge >= 0.3 is 0 Å². The van der Waals surface area contributed by atoms with Crippen LogP contribution in [0, 0.1) is 0 Å². The lowest BCUT2D eigenvalue weighted by atomic mass is 10.0. The standard InChI is InChI=1S/C17H22Cl2N2O3S/c18-12-3-4-15(14(19)10-12)24-11-17(23)21-7-5-13(6-8-21)20-16(22)2-1-9-25/h3-4,10,13,25H,1-2,5-9,11H2,(H,20,22). The minimum absolute atomic E-state index is 0.0551. The molecule has 1 aromatic carbocycles. The molecular weight excluding hydrogens is 383 g/mol. The van der Waals surface area contributed by atoms with Gasteiger partial charge in [0.15, 0.2) is 6.61 Å². The molecule has 138 valence electrons. The number of carbonyl (C=O) groups excluding carboxylic acids is 2. The Bertz CT molecular complexity index is 608. The molecule has 1 aliphatic rings. The summed E-state index contributed by atoms with van der Waals surface area (Å²) >= 11 is 16.0. The van der Waals surface area contributed by atoms with E-state index in [0.29, 0.717) is 41.1 Å². The van der Waals surface area contributed by atoms with Crippen molar-refractivity contribution >= 4 is 47.6 Å². The summed E-state index contributed by atoms with van der Waals surface area (Å²) in [4.78, 5) is 25.7. The zero-order valence-electron chi connectivity index (χ0n) is 13.8. The summed E-state index contributed by atoms with van der Waals surface area (Å²) < 4.78 is 5.48. The van der Waals surface area contributed by atoms with Gasteiger partial charge in [0.1, 0.15) is 5.75 Å². The highest BCUT2D eigenvalue weighted by molar-refractivity contribution is 7.80. The van der Waals surface area contributed by atoms with Gasteiger partial charge < -0.3 is 15.0 Å². The molecule has 0 radical (unpaired) electrons. The second-order valence-electron chi connectivity index (χ2n) is 5.91. The van der Waals surface area contributed by atoms with Crippen molar-refractivity contribution in [1.29, 1.82) is 0 Å². The SMILES string of the molecule is O=C(CCCS)NC1CCN(C(=O)COc2ccc(Cl)cc2Cl)CC1. The molecule has 2 rings (SSSR count). The summed E-state index contributed by atoms with van der Waals surface area (Å²) in [5.41, 5.74) is 0. The van der Waals surface area contributed by atoms with Crippen molar-refractivity contribution in [2.75, 3.05) is 25.4 Å². The Kier molecular flexibility index (Phi) is 8.19. The molecule has 0 aromatic heterocycles. The van der Waals surface area contributed by atoms with Crippen LogP contribution in [0.15, 0.2) is 18.2 Å². The first kappa shape index (κ1) is 20.2. The summed E-state index contributed by atoms with van der Waals surface area (Å²) in [5, 5.41) is 3.91. The number of thiol groups is 1. The Balaban J connectivity index is 1.73. The predicted molar refractivity (Wildman–Crippen MR) is 103 cm³/mol. The average Bonchev–Trinajstić information content (AvgIpc) is 2.59. The van der Waals surface area contributed by atoms with Crippen molar-refractivity contribution in [2.24, 2.45) is 0 Å². The highest BCUT2D eigenvalue weighted by atomic mass is 35.5. The maximum atomic E-state index is 12.3. The fourth-order valence-corrected chi connectivity index (χ4v) is 3.26. The van der Waals surface area contributed by atoms with Crippen molar-refractivity contribution in [3.05, 3.63) is 28.2 Å². The zero-order chi connectivity index (χ0) is 18.2. The number of nitrogens with zero attached hydrogens (tertiary/aromatic N) is 1. The number of rotatable bonds is 7. The molecule has 0 spiro atoms. The number of benzene rings is 1. The molecule has 1 aliphatic heterocycles. The van der Waals surface area contributed by atoms with E-state index in [1.165, 1.54) is 0 Å². The number of nitrogens with one attached hydrogen (secondary N) is 1.